The minimum Gasteiger partial charge on any atom is -0.251 e. The summed E-state index contributed by atoms with van der Waals surface area (Å²) in [5.41, 5.74) is 3.80. The second-order valence-corrected chi connectivity index (χ2v) is 9.76. The van der Waals surface area contributed by atoms with Crippen molar-refractivity contribution in [1.82, 2.24) is 0 Å². The van der Waals surface area contributed by atoms with Crippen LogP contribution in [0.4, 0.5) is 0 Å². The summed E-state index contributed by atoms with van der Waals surface area (Å²) < 4.78 is 0.270. The molecule has 0 aromatic carbocycles. The Morgan fingerprint density at radius 1 is 1.26 bits per heavy atom. The molecule has 104 valence electrons. The highest BCUT2D eigenvalue weighted by Gasteiger charge is 2.33. The summed E-state index contributed by atoms with van der Waals surface area (Å²) in [6, 6.07) is 0. The molecule has 1 heterocycles. The van der Waals surface area contributed by atoms with Crippen LogP contribution in [0.25, 0.3) is 0 Å². The van der Waals surface area contributed by atoms with Crippen LogP contribution in [-0.2, 0) is 0 Å². The molecule has 1 aliphatic heterocycles. The van der Waals surface area contributed by atoms with E-state index in [1.54, 1.807) is 0 Å². The molecular weight excluding hydrogens is 364 g/mol. The maximum Gasteiger partial charge on any atom is 0.0807 e. The second-order valence-electron chi connectivity index (χ2n) is 5.19. The highest BCUT2D eigenvalue weighted by atomic mass is 127. The van der Waals surface area contributed by atoms with E-state index < -0.39 is 0 Å². The van der Waals surface area contributed by atoms with Crippen LogP contribution in [0.5, 0.6) is 0 Å². The summed E-state index contributed by atoms with van der Waals surface area (Å²) in [5.74, 6) is 0. The van der Waals surface area contributed by atoms with Crippen molar-refractivity contribution in [3.8, 4) is 0 Å². The fraction of sp³-hybridized carbons (Fsp3) is 0.562. The number of unbranched alkanes of at least 4 members (excludes halogenated alkanes) is 2. The van der Waals surface area contributed by atoms with E-state index in [9.17, 15) is 0 Å². The first kappa shape index (κ1) is 15.4. The molecule has 1 aliphatic carbocycles. The fourth-order valence-electron chi connectivity index (χ4n) is 2.47. The number of allylic oxidation sites excluding steroid dienone is 4. The third kappa shape index (κ3) is 3.78. The number of fused-ring (bicyclic) bond motifs is 1. The zero-order valence-corrected chi connectivity index (χ0v) is 15.0. The average molecular weight is 387 g/mol. The summed E-state index contributed by atoms with van der Waals surface area (Å²) in [4.78, 5) is 4.86. The predicted octanol–water partition coefficient (Wildman–Crippen LogP) is 5.62. The van der Waals surface area contributed by atoms with Gasteiger partial charge in [-0.25, -0.2) is 0 Å². The Hall–Kier alpha value is 0.0500. The quantitative estimate of drug-likeness (QED) is 0.222. The van der Waals surface area contributed by atoms with Crippen LogP contribution in [0.15, 0.2) is 40.6 Å². The molecule has 0 aromatic heterocycles. The van der Waals surface area contributed by atoms with Crippen molar-refractivity contribution < 1.29 is 0 Å². The van der Waals surface area contributed by atoms with Crippen molar-refractivity contribution in [1.29, 1.82) is 0 Å². The Balaban J connectivity index is 2.03. The van der Waals surface area contributed by atoms with Gasteiger partial charge in [0.1, 0.15) is 0 Å². The van der Waals surface area contributed by atoms with E-state index in [2.05, 4.69) is 60.7 Å². The van der Waals surface area contributed by atoms with Crippen molar-refractivity contribution >= 4 is 36.9 Å². The molecule has 0 bridgehead atoms. The molecule has 1 nitrogen and oxygen atoms in total. The Morgan fingerprint density at radius 2 is 2.11 bits per heavy atom. The lowest BCUT2D eigenvalue weighted by Gasteiger charge is -2.27. The first-order chi connectivity index (χ1) is 9.19. The van der Waals surface area contributed by atoms with Gasteiger partial charge < -0.3 is 0 Å². The van der Waals surface area contributed by atoms with Crippen LogP contribution in [0.1, 0.15) is 46.0 Å². The maximum absolute atomic E-state index is 4.86. The number of alkyl halides is 1. The lowest BCUT2D eigenvalue weighted by Crippen LogP contribution is -2.24. The highest BCUT2D eigenvalue weighted by molar-refractivity contribution is 14.1. The standard InChI is InChI=1S/C16H23INP/c1-3-5-6-11-19-16(17,10-4-2)15-12-13-8-7-9-14(13)18-15/h7-9,12,19H,3-6,10-11H2,1-2H3. The summed E-state index contributed by atoms with van der Waals surface area (Å²) in [7, 11) is 0.992. The van der Waals surface area contributed by atoms with Crippen molar-refractivity contribution in [2.75, 3.05) is 6.16 Å². The Kier molecular flexibility index (Phi) is 5.83. The number of nitrogens with zero attached hydrogens (tertiary/aromatic N) is 1. The molecule has 0 radical (unpaired) electrons. The zero-order chi connectivity index (χ0) is 13.7. The lowest BCUT2D eigenvalue weighted by atomic mass is 10.1. The topological polar surface area (TPSA) is 12.4 Å². The van der Waals surface area contributed by atoms with E-state index in [4.69, 9.17) is 4.99 Å². The largest absolute Gasteiger partial charge is 0.251 e. The molecule has 2 rings (SSSR count). The number of halogens is 1. The summed E-state index contributed by atoms with van der Waals surface area (Å²) in [6.45, 7) is 4.56. The second kappa shape index (κ2) is 7.17. The van der Waals surface area contributed by atoms with Gasteiger partial charge in [0, 0.05) is 5.57 Å². The van der Waals surface area contributed by atoms with Gasteiger partial charge in [-0.3, -0.25) is 4.99 Å². The molecule has 2 unspecified atom stereocenters. The summed E-state index contributed by atoms with van der Waals surface area (Å²) >= 11 is 2.67. The normalized spacial score (nSPS) is 20.5. The van der Waals surface area contributed by atoms with Crippen molar-refractivity contribution in [2.24, 2.45) is 4.99 Å². The van der Waals surface area contributed by atoms with Gasteiger partial charge in [0.15, 0.2) is 0 Å². The minimum absolute atomic E-state index is 0.270. The van der Waals surface area contributed by atoms with E-state index in [1.807, 2.05) is 0 Å². The third-order valence-corrected chi connectivity index (χ3v) is 7.45. The number of aliphatic imine (C=N–C) groups is 1. The van der Waals surface area contributed by atoms with Gasteiger partial charge in [-0.2, -0.15) is 0 Å². The molecule has 0 N–H and O–H groups in total. The lowest BCUT2D eigenvalue weighted by molar-refractivity contribution is 0.771. The smallest absolute Gasteiger partial charge is 0.0807 e. The minimum atomic E-state index is 0.270. The number of rotatable bonds is 8. The molecule has 0 saturated carbocycles. The number of hydrogen-bond acceptors (Lipinski definition) is 1. The Morgan fingerprint density at radius 3 is 2.79 bits per heavy atom. The van der Waals surface area contributed by atoms with Crippen LogP contribution in [0, 0.1) is 0 Å². The Labute approximate surface area is 132 Å². The van der Waals surface area contributed by atoms with E-state index >= 15 is 0 Å². The first-order valence-corrected chi connectivity index (χ1v) is 9.61. The Bertz CT molecular complexity index is 448. The van der Waals surface area contributed by atoms with Crippen LogP contribution in [-0.4, -0.2) is 15.0 Å². The fourth-order valence-corrected chi connectivity index (χ4v) is 5.66. The molecule has 0 amide bonds. The molecule has 2 atom stereocenters. The SMILES string of the molecule is CCCCCPC(I)(CCC)C1=NC2=CC=CC2=C1. The van der Waals surface area contributed by atoms with E-state index in [0.29, 0.717) is 0 Å². The predicted molar refractivity (Wildman–Crippen MR) is 97.1 cm³/mol. The summed E-state index contributed by atoms with van der Waals surface area (Å²) in [6.07, 6.45) is 16.6. The molecule has 0 saturated heterocycles. The molecular formula is C16H23INP. The zero-order valence-electron chi connectivity index (χ0n) is 11.9. The molecule has 19 heavy (non-hydrogen) atoms. The van der Waals surface area contributed by atoms with Crippen LogP contribution in [0.3, 0.4) is 0 Å². The maximum atomic E-state index is 4.86. The average Bonchev–Trinajstić information content (AvgIpc) is 2.96. The van der Waals surface area contributed by atoms with Gasteiger partial charge >= 0.3 is 0 Å². The number of hydrogen-bond donors (Lipinski definition) is 0. The van der Waals surface area contributed by atoms with Gasteiger partial charge in [0.25, 0.3) is 0 Å². The van der Waals surface area contributed by atoms with Gasteiger partial charge in [-0.1, -0.05) is 76.4 Å². The molecule has 2 aliphatic rings. The van der Waals surface area contributed by atoms with Crippen LogP contribution >= 0.6 is 31.2 Å². The van der Waals surface area contributed by atoms with E-state index in [0.717, 1.165) is 8.58 Å². The van der Waals surface area contributed by atoms with Crippen molar-refractivity contribution in [3.05, 3.63) is 35.6 Å². The monoisotopic (exact) mass is 387 g/mol. The van der Waals surface area contributed by atoms with Crippen molar-refractivity contribution in [2.45, 2.75) is 49.1 Å². The third-order valence-electron chi connectivity index (χ3n) is 3.54. The highest BCUT2D eigenvalue weighted by Crippen LogP contribution is 2.47. The van der Waals surface area contributed by atoms with E-state index in [-0.39, 0.29) is 3.16 Å². The van der Waals surface area contributed by atoms with Gasteiger partial charge in [-0.15, -0.1) is 0 Å². The molecule has 0 spiro atoms. The van der Waals surface area contributed by atoms with Crippen LogP contribution in [0.2, 0.25) is 0 Å². The van der Waals surface area contributed by atoms with Crippen LogP contribution < -0.4 is 0 Å². The van der Waals surface area contributed by atoms with Gasteiger partial charge in [-0.05, 0) is 31.2 Å². The molecule has 0 fully saturated rings. The van der Waals surface area contributed by atoms with Crippen molar-refractivity contribution in [3.63, 3.8) is 0 Å². The van der Waals surface area contributed by atoms with E-state index in [1.165, 1.54) is 55.2 Å². The van der Waals surface area contributed by atoms with Gasteiger partial charge in [0.2, 0.25) is 0 Å². The molecule has 3 heteroatoms. The first-order valence-electron chi connectivity index (χ1n) is 7.33. The molecule has 0 aromatic rings. The summed E-state index contributed by atoms with van der Waals surface area (Å²) in [5, 5.41) is 0. The van der Waals surface area contributed by atoms with Gasteiger partial charge in [0.05, 0.1) is 14.6 Å².